The van der Waals surface area contributed by atoms with Gasteiger partial charge in [-0.3, -0.25) is 0 Å². The maximum atomic E-state index is 15.1. The van der Waals surface area contributed by atoms with Crippen LogP contribution in [0.25, 0.3) is 0 Å². The summed E-state index contributed by atoms with van der Waals surface area (Å²) in [5.74, 6) is -13.6. The molecular weight excluding hydrogens is 1030 g/mol. The number of halogens is 4. The lowest BCUT2D eigenvalue weighted by Gasteiger charge is -2.13. The van der Waals surface area contributed by atoms with Crippen molar-refractivity contribution in [2.75, 3.05) is 26.4 Å². The van der Waals surface area contributed by atoms with Gasteiger partial charge in [0.1, 0.15) is 11.5 Å². The van der Waals surface area contributed by atoms with E-state index in [0.717, 1.165) is 64.2 Å². The fourth-order valence-corrected chi connectivity index (χ4v) is 9.12. The maximum Gasteiger partial charge on any atom is 0.343 e. The van der Waals surface area contributed by atoms with Crippen LogP contribution in [0.5, 0.6) is 23.0 Å². The molecule has 0 bridgehead atoms. The second kappa shape index (κ2) is 43.1. The smallest absolute Gasteiger partial charge is 0.343 e. The Hall–Kier alpha value is -5.66. The summed E-state index contributed by atoms with van der Waals surface area (Å²) in [4.78, 5) is 48.3. The van der Waals surface area contributed by atoms with Gasteiger partial charge in [-0.05, 0) is 88.1 Å². The van der Waals surface area contributed by atoms with Gasteiger partial charge in [-0.2, -0.15) is 17.6 Å². The number of rotatable bonds is 48. The van der Waals surface area contributed by atoms with Gasteiger partial charge in [0.15, 0.2) is 0 Å². The Labute approximate surface area is 476 Å². The lowest BCUT2D eigenvalue weighted by Crippen LogP contribution is -2.16. The molecule has 3 aromatic carbocycles. The topological polar surface area (TPSA) is 124 Å². The highest BCUT2D eigenvalue weighted by atomic mass is 19.2. The molecule has 0 radical (unpaired) electrons. The van der Waals surface area contributed by atoms with Crippen molar-refractivity contribution in [1.29, 1.82) is 0 Å². The molecule has 0 amide bonds. The zero-order valence-corrected chi connectivity index (χ0v) is 48.5. The average molecular weight is 1120 g/mol. The van der Waals surface area contributed by atoms with Crippen molar-refractivity contribution >= 4 is 23.9 Å². The van der Waals surface area contributed by atoms with Crippen molar-refractivity contribution < 1.29 is 65.2 Å². The van der Waals surface area contributed by atoms with Crippen LogP contribution >= 0.6 is 0 Å². The molecule has 0 aliphatic heterocycles. The fourth-order valence-electron chi connectivity index (χ4n) is 9.12. The molecule has 0 saturated heterocycles. The predicted molar refractivity (Wildman–Crippen MR) is 309 cm³/mol. The first-order valence-electron chi connectivity index (χ1n) is 30.2. The van der Waals surface area contributed by atoms with Gasteiger partial charge in [0.2, 0.25) is 34.8 Å². The van der Waals surface area contributed by atoms with E-state index >= 15 is 17.6 Å². The highest BCUT2D eigenvalue weighted by molar-refractivity contribution is 5.92. The number of esters is 4. The molecule has 3 rings (SSSR count). The van der Waals surface area contributed by atoms with Gasteiger partial charge < -0.3 is 28.4 Å². The van der Waals surface area contributed by atoms with Gasteiger partial charge in [-0.25, -0.2) is 19.2 Å². The molecule has 0 saturated carbocycles. The summed E-state index contributed by atoms with van der Waals surface area (Å²) >= 11 is 0. The van der Waals surface area contributed by atoms with E-state index in [4.69, 9.17) is 28.4 Å². The van der Waals surface area contributed by atoms with Crippen molar-refractivity contribution in [2.45, 2.75) is 232 Å². The number of benzene rings is 3. The molecule has 0 heterocycles. The van der Waals surface area contributed by atoms with E-state index in [1.165, 1.54) is 203 Å². The monoisotopic (exact) mass is 1120 g/mol. The van der Waals surface area contributed by atoms with E-state index in [0.29, 0.717) is 49.1 Å². The standard InChI is InChI=1S/C66H94F4O10/c1-51(2)63(71)77-49-37-33-29-25-21-17-13-9-5-7-11-15-19-23-27-31-35-47-75-55-43-39-53(40-44-55)65(73)79-61-57(67)59(69)62(60(70)58(61)68)80-66(74)54-41-45-56(46-42-54)76-48-36-32-28-24-20-16-12-8-6-10-14-18-22-26-30-34-38-50-78-64(72)52(3)4/h39-46H,1,3,5-38,47-50H2,2,4H3. The molecule has 0 atom stereocenters. The van der Waals surface area contributed by atoms with Crippen molar-refractivity contribution in [3.8, 4) is 23.0 Å². The van der Waals surface area contributed by atoms with E-state index in [-0.39, 0.29) is 23.1 Å². The molecule has 0 fully saturated rings. The third-order valence-electron chi connectivity index (χ3n) is 14.0. The lowest BCUT2D eigenvalue weighted by molar-refractivity contribution is -0.139. The molecule has 0 aliphatic carbocycles. The number of hydrogen-bond acceptors (Lipinski definition) is 10. The van der Waals surface area contributed by atoms with Crippen LogP contribution in [0.1, 0.15) is 253 Å². The minimum Gasteiger partial charge on any atom is -0.494 e. The average Bonchev–Trinajstić information content (AvgIpc) is 3.48. The highest BCUT2D eigenvalue weighted by Gasteiger charge is 2.31. The number of carbonyl (C=O) groups excluding carboxylic acids is 4. The Bertz CT molecular complexity index is 2060. The Morgan fingerprint density at radius 2 is 0.525 bits per heavy atom. The largest absolute Gasteiger partial charge is 0.494 e. The first-order chi connectivity index (χ1) is 38.8. The summed E-state index contributed by atoms with van der Waals surface area (Å²) in [6.45, 7) is 12.4. The molecule has 0 N–H and O–H groups in total. The molecule has 0 aromatic heterocycles. The van der Waals surface area contributed by atoms with Crippen molar-refractivity contribution in [2.24, 2.45) is 0 Å². The molecule has 0 aliphatic rings. The number of hydrogen-bond donors (Lipinski definition) is 0. The van der Waals surface area contributed by atoms with Crippen LogP contribution in [-0.4, -0.2) is 50.3 Å². The fraction of sp³-hybridized carbons (Fsp3) is 0.606. The van der Waals surface area contributed by atoms with Crippen LogP contribution in [0, 0.1) is 23.3 Å². The molecule has 14 heteroatoms. The lowest BCUT2D eigenvalue weighted by atomic mass is 10.0. The summed E-state index contributed by atoms with van der Waals surface area (Å²) in [5, 5.41) is 0. The van der Waals surface area contributed by atoms with Crippen molar-refractivity contribution in [3.63, 3.8) is 0 Å². The predicted octanol–water partition coefficient (Wildman–Crippen LogP) is 18.9. The minimum absolute atomic E-state index is 0.145. The van der Waals surface area contributed by atoms with E-state index in [2.05, 4.69) is 13.2 Å². The first-order valence-corrected chi connectivity index (χ1v) is 30.2. The Morgan fingerprint density at radius 3 is 0.738 bits per heavy atom. The summed E-state index contributed by atoms with van der Waals surface area (Å²) in [7, 11) is 0. The Morgan fingerprint density at radius 1 is 0.325 bits per heavy atom. The van der Waals surface area contributed by atoms with Gasteiger partial charge in [0.25, 0.3) is 0 Å². The van der Waals surface area contributed by atoms with E-state index < -0.39 is 46.7 Å². The molecule has 0 spiro atoms. The third-order valence-corrected chi connectivity index (χ3v) is 14.0. The van der Waals surface area contributed by atoms with Crippen LogP contribution in [0.3, 0.4) is 0 Å². The SMILES string of the molecule is C=C(C)C(=O)OCCCCCCCCCCCCCCCCCCCOc1ccc(C(=O)Oc2c(F)c(F)c(OC(=O)c3ccc(OCCCCCCCCCCCCCCCCCCCOC(=O)C(=C)C)cc3)c(F)c2F)cc1. The number of ether oxygens (including phenoxy) is 6. The van der Waals surface area contributed by atoms with Crippen LogP contribution in [-0.2, 0) is 19.1 Å². The quantitative estimate of drug-likeness (QED) is 0.0135. The zero-order chi connectivity index (χ0) is 58.0. The summed E-state index contributed by atoms with van der Waals surface area (Å²) in [6.07, 6.45) is 40.1. The maximum absolute atomic E-state index is 15.1. The molecule has 446 valence electrons. The molecule has 0 unspecified atom stereocenters. The first kappa shape index (κ1) is 68.6. The summed E-state index contributed by atoms with van der Waals surface area (Å²) in [5.41, 5.74) is 0.604. The number of carbonyl (C=O) groups is 4. The van der Waals surface area contributed by atoms with Crippen molar-refractivity contribution in [3.05, 3.63) is 107 Å². The van der Waals surface area contributed by atoms with Crippen LogP contribution < -0.4 is 18.9 Å². The minimum atomic E-state index is -2.04. The van der Waals surface area contributed by atoms with Gasteiger partial charge in [0, 0.05) is 11.1 Å². The van der Waals surface area contributed by atoms with E-state index in [9.17, 15) is 19.2 Å². The molecule has 3 aromatic rings. The van der Waals surface area contributed by atoms with Crippen LogP contribution in [0.15, 0.2) is 72.8 Å². The van der Waals surface area contributed by atoms with Crippen LogP contribution in [0.4, 0.5) is 17.6 Å². The van der Waals surface area contributed by atoms with Gasteiger partial charge >= 0.3 is 23.9 Å². The second-order valence-corrected chi connectivity index (χ2v) is 21.3. The summed E-state index contributed by atoms with van der Waals surface area (Å²) in [6, 6.07) is 11.2. The summed E-state index contributed by atoms with van der Waals surface area (Å²) < 4.78 is 91.6. The van der Waals surface area contributed by atoms with E-state index in [1.54, 1.807) is 13.8 Å². The second-order valence-electron chi connectivity index (χ2n) is 21.3. The Kier molecular flexibility index (Phi) is 37.0. The van der Waals surface area contributed by atoms with Gasteiger partial charge in [-0.15, -0.1) is 0 Å². The zero-order valence-electron chi connectivity index (χ0n) is 48.5. The van der Waals surface area contributed by atoms with Gasteiger partial charge in [-0.1, -0.05) is 206 Å². The van der Waals surface area contributed by atoms with Gasteiger partial charge in [0.05, 0.1) is 37.6 Å². The molecule has 80 heavy (non-hydrogen) atoms. The Balaban J connectivity index is 1.19. The highest BCUT2D eigenvalue weighted by Crippen LogP contribution is 2.36. The van der Waals surface area contributed by atoms with Crippen molar-refractivity contribution in [1.82, 2.24) is 0 Å². The number of unbranched alkanes of at least 4 members (excludes halogenated alkanes) is 32. The third kappa shape index (κ3) is 30.2. The van der Waals surface area contributed by atoms with E-state index in [1.807, 2.05) is 0 Å². The molecular formula is C66H94F4O10. The normalized spacial score (nSPS) is 11.1. The molecule has 10 nitrogen and oxygen atoms in total. The van der Waals surface area contributed by atoms with Crippen LogP contribution in [0.2, 0.25) is 0 Å².